The first-order valence-corrected chi connectivity index (χ1v) is 11.4. The summed E-state index contributed by atoms with van der Waals surface area (Å²) < 4.78 is 22.8. The number of aryl methyl sites for hydroxylation is 1. The van der Waals surface area contributed by atoms with Crippen LogP contribution in [-0.2, 0) is 18.3 Å². The molecule has 0 aliphatic heterocycles. The van der Waals surface area contributed by atoms with Crippen LogP contribution < -0.4 is 4.74 Å². The molecule has 0 saturated carbocycles. The van der Waals surface area contributed by atoms with E-state index in [0.717, 1.165) is 41.7 Å². The van der Waals surface area contributed by atoms with E-state index in [1.807, 2.05) is 23.9 Å². The van der Waals surface area contributed by atoms with Gasteiger partial charge in [0, 0.05) is 43.7 Å². The number of hydrogen-bond donors (Lipinski definition) is 1. The van der Waals surface area contributed by atoms with Gasteiger partial charge in [-0.05, 0) is 31.4 Å². The first-order valence-electron chi connectivity index (χ1n) is 10.6. The minimum atomic E-state index is -0.826. The van der Waals surface area contributed by atoms with E-state index in [-0.39, 0.29) is 17.9 Å². The molecule has 9 nitrogen and oxygen atoms in total. The van der Waals surface area contributed by atoms with Gasteiger partial charge in [0.1, 0.15) is 11.6 Å². The van der Waals surface area contributed by atoms with Gasteiger partial charge in [0.15, 0.2) is 11.6 Å². The zero-order valence-corrected chi connectivity index (χ0v) is 19.0. The van der Waals surface area contributed by atoms with Gasteiger partial charge < -0.3 is 14.4 Å². The van der Waals surface area contributed by atoms with E-state index in [0.29, 0.717) is 22.4 Å². The van der Waals surface area contributed by atoms with Crippen LogP contribution in [0.1, 0.15) is 31.4 Å². The smallest absolute Gasteiger partial charge is 0.303 e. The molecule has 0 atom stereocenters. The molecule has 1 N–H and O–H groups in total. The number of carboxylic acids is 1. The van der Waals surface area contributed by atoms with Crippen LogP contribution in [0.4, 0.5) is 10.1 Å². The van der Waals surface area contributed by atoms with E-state index in [1.54, 1.807) is 12.3 Å². The number of benzene rings is 1. The van der Waals surface area contributed by atoms with Gasteiger partial charge in [0.05, 0.1) is 26.1 Å². The number of thiophene rings is 1. The van der Waals surface area contributed by atoms with Crippen molar-refractivity contribution in [1.29, 1.82) is 0 Å². The van der Waals surface area contributed by atoms with E-state index in [9.17, 15) is 19.3 Å². The summed E-state index contributed by atoms with van der Waals surface area (Å²) in [4.78, 5) is 30.6. The number of ether oxygens (including phenoxy) is 1. The molecule has 0 spiro atoms. The maximum atomic E-state index is 14.3. The molecule has 3 aromatic heterocycles. The second-order valence-corrected chi connectivity index (χ2v) is 8.75. The lowest BCUT2D eigenvalue weighted by Crippen LogP contribution is -1.99. The number of rotatable bonds is 10. The molecule has 176 valence electrons. The summed E-state index contributed by atoms with van der Waals surface area (Å²) in [7, 11) is 1.93. The number of carboxylic acid groups (broad SMARTS) is 1. The van der Waals surface area contributed by atoms with Gasteiger partial charge in [-0.25, -0.2) is 9.37 Å². The number of non-ortho nitro benzene ring substituents is 1. The average Bonchev–Trinajstić information content (AvgIpc) is 3.38. The Morgan fingerprint density at radius 2 is 2.03 bits per heavy atom. The van der Waals surface area contributed by atoms with Gasteiger partial charge >= 0.3 is 5.97 Å². The van der Waals surface area contributed by atoms with Crippen LogP contribution >= 0.6 is 11.3 Å². The van der Waals surface area contributed by atoms with E-state index in [1.165, 1.54) is 23.5 Å². The van der Waals surface area contributed by atoms with Gasteiger partial charge in [0.25, 0.3) is 5.69 Å². The highest BCUT2D eigenvalue weighted by atomic mass is 32.1. The summed E-state index contributed by atoms with van der Waals surface area (Å²) in [6, 6.07) is 6.75. The van der Waals surface area contributed by atoms with Crippen molar-refractivity contribution in [3.8, 4) is 22.2 Å². The molecule has 0 amide bonds. The van der Waals surface area contributed by atoms with Crippen molar-refractivity contribution in [2.24, 2.45) is 7.05 Å². The Kier molecular flexibility index (Phi) is 6.82. The number of imidazole rings is 1. The predicted molar refractivity (Wildman–Crippen MR) is 125 cm³/mol. The Morgan fingerprint density at radius 1 is 1.21 bits per heavy atom. The fourth-order valence-electron chi connectivity index (χ4n) is 3.58. The fraction of sp³-hybridized carbons (Fsp3) is 0.261. The van der Waals surface area contributed by atoms with Crippen molar-refractivity contribution in [1.82, 2.24) is 14.5 Å². The Labute approximate surface area is 197 Å². The zero-order chi connectivity index (χ0) is 24.2. The van der Waals surface area contributed by atoms with E-state index >= 15 is 0 Å². The number of nitro benzene ring substituents is 1. The first kappa shape index (κ1) is 23.3. The number of halogens is 1. The second-order valence-electron chi connectivity index (χ2n) is 7.69. The highest BCUT2D eigenvalue weighted by Crippen LogP contribution is 2.39. The SMILES string of the molecule is Cn1c(CCCCCC(=O)O)cnc1-c1cc2nccc(Oc3ccc([N+](=O)[O-])cc3F)c2s1. The molecule has 4 aromatic rings. The zero-order valence-electron chi connectivity index (χ0n) is 18.2. The number of carbonyl (C=O) groups is 1. The van der Waals surface area contributed by atoms with Crippen LogP contribution in [0.2, 0.25) is 0 Å². The lowest BCUT2D eigenvalue weighted by molar-refractivity contribution is -0.385. The minimum absolute atomic E-state index is 0.116. The monoisotopic (exact) mass is 484 g/mol. The highest BCUT2D eigenvalue weighted by molar-refractivity contribution is 7.22. The lowest BCUT2D eigenvalue weighted by Gasteiger charge is -2.07. The summed E-state index contributed by atoms with van der Waals surface area (Å²) in [5.41, 5.74) is 1.36. The topological polar surface area (TPSA) is 120 Å². The Hall–Kier alpha value is -3.86. The third-order valence-corrected chi connectivity index (χ3v) is 6.49. The molecule has 0 fully saturated rings. The highest BCUT2D eigenvalue weighted by Gasteiger charge is 2.17. The summed E-state index contributed by atoms with van der Waals surface area (Å²) in [6.45, 7) is 0. The third-order valence-electron chi connectivity index (χ3n) is 5.35. The van der Waals surface area contributed by atoms with E-state index in [4.69, 9.17) is 9.84 Å². The standard InChI is InChI=1S/C23H21FN4O5S/c1-27-15(5-3-2-4-6-21(29)30)13-26-23(27)20-12-17-22(34-20)19(9-10-25-17)33-18-8-7-14(28(31)32)11-16(18)24/h7-13H,2-6H2,1H3,(H,29,30). The number of fused-ring (bicyclic) bond motifs is 1. The third kappa shape index (κ3) is 5.04. The first-order chi connectivity index (χ1) is 16.3. The molecule has 0 saturated heterocycles. The predicted octanol–water partition coefficient (Wildman–Crippen LogP) is 5.72. The quantitative estimate of drug-likeness (QED) is 0.173. The van der Waals surface area contributed by atoms with Crippen LogP contribution in [0.15, 0.2) is 42.7 Å². The number of pyridine rings is 1. The normalized spacial score (nSPS) is 11.1. The molecule has 34 heavy (non-hydrogen) atoms. The summed E-state index contributed by atoms with van der Waals surface area (Å²) >= 11 is 1.41. The van der Waals surface area contributed by atoms with Crippen LogP contribution in [0, 0.1) is 15.9 Å². The Bertz CT molecular complexity index is 1370. The van der Waals surface area contributed by atoms with Crippen molar-refractivity contribution in [3.63, 3.8) is 0 Å². The number of aromatic nitrogens is 3. The molecule has 0 unspecified atom stereocenters. The van der Waals surface area contributed by atoms with Crippen molar-refractivity contribution in [2.75, 3.05) is 0 Å². The van der Waals surface area contributed by atoms with Crippen LogP contribution in [0.5, 0.6) is 11.5 Å². The Balaban J connectivity index is 1.54. The van der Waals surface area contributed by atoms with Crippen molar-refractivity contribution >= 4 is 33.2 Å². The molecule has 0 radical (unpaired) electrons. The number of aliphatic carboxylic acids is 1. The molecule has 11 heteroatoms. The molecule has 0 aliphatic rings. The summed E-state index contributed by atoms with van der Waals surface area (Å²) in [5.74, 6) is -0.568. The summed E-state index contributed by atoms with van der Waals surface area (Å²) in [6.07, 6.45) is 6.70. The van der Waals surface area contributed by atoms with Crippen LogP contribution in [0.25, 0.3) is 20.9 Å². The molecule has 3 heterocycles. The number of nitrogens with zero attached hydrogens (tertiary/aromatic N) is 4. The van der Waals surface area contributed by atoms with Gasteiger partial charge in [-0.2, -0.15) is 0 Å². The molecule has 1 aromatic carbocycles. The second kappa shape index (κ2) is 9.96. The maximum Gasteiger partial charge on any atom is 0.303 e. The molecule has 0 aliphatic carbocycles. The summed E-state index contributed by atoms with van der Waals surface area (Å²) in [5, 5.41) is 19.6. The molecular weight excluding hydrogens is 463 g/mol. The van der Waals surface area contributed by atoms with Gasteiger partial charge in [0.2, 0.25) is 0 Å². The van der Waals surface area contributed by atoms with Gasteiger partial charge in [-0.3, -0.25) is 19.9 Å². The number of nitro groups is 1. The van der Waals surface area contributed by atoms with Crippen molar-refractivity contribution in [2.45, 2.75) is 32.1 Å². The lowest BCUT2D eigenvalue weighted by atomic mass is 10.1. The van der Waals surface area contributed by atoms with Crippen molar-refractivity contribution in [3.05, 3.63) is 64.4 Å². The largest absolute Gasteiger partial charge is 0.481 e. The van der Waals surface area contributed by atoms with Gasteiger partial charge in [-0.15, -0.1) is 11.3 Å². The van der Waals surface area contributed by atoms with Crippen molar-refractivity contribution < 1.29 is 24.0 Å². The minimum Gasteiger partial charge on any atom is -0.481 e. The fourth-order valence-corrected chi connectivity index (χ4v) is 4.67. The van der Waals surface area contributed by atoms with E-state index < -0.39 is 16.7 Å². The number of unbranched alkanes of at least 4 members (excludes halogenated alkanes) is 2. The number of hydrogen-bond acceptors (Lipinski definition) is 7. The Morgan fingerprint density at radius 3 is 2.76 bits per heavy atom. The maximum absolute atomic E-state index is 14.3. The van der Waals surface area contributed by atoms with Gasteiger partial charge in [-0.1, -0.05) is 6.42 Å². The molecular formula is C23H21FN4O5S. The van der Waals surface area contributed by atoms with Crippen LogP contribution in [0.3, 0.4) is 0 Å². The van der Waals surface area contributed by atoms with Crippen LogP contribution in [-0.4, -0.2) is 30.5 Å². The average molecular weight is 485 g/mol. The molecule has 0 bridgehead atoms. The van der Waals surface area contributed by atoms with E-state index in [2.05, 4.69) is 9.97 Å². The molecule has 4 rings (SSSR count).